The van der Waals surface area contributed by atoms with Gasteiger partial charge in [0.15, 0.2) is 0 Å². The van der Waals surface area contributed by atoms with Crippen molar-refractivity contribution in [2.45, 2.75) is 58.8 Å². The molecule has 2 amide bonds. The van der Waals surface area contributed by atoms with Gasteiger partial charge >= 0.3 is 12.0 Å². The van der Waals surface area contributed by atoms with Crippen molar-refractivity contribution < 1.29 is 14.7 Å². The predicted molar refractivity (Wildman–Crippen MR) is 76.2 cm³/mol. The molecule has 1 unspecified atom stereocenters. The molecule has 0 aliphatic carbocycles. The first-order chi connectivity index (χ1) is 9.06. The summed E-state index contributed by atoms with van der Waals surface area (Å²) in [5, 5.41) is 14.1. The number of carbonyl (C=O) groups is 2. The highest BCUT2D eigenvalue weighted by molar-refractivity contribution is 5.73. The molecule has 0 spiro atoms. The van der Waals surface area contributed by atoms with Crippen molar-refractivity contribution in [2.24, 2.45) is 5.92 Å². The van der Waals surface area contributed by atoms with Crippen LogP contribution >= 0.6 is 0 Å². The van der Waals surface area contributed by atoms with Crippen LogP contribution in [0.5, 0.6) is 0 Å². The highest BCUT2D eigenvalue weighted by Gasteiger charge is 2.08. The van der Waals surface area contributed by atoms with E-state index in [2.05, 4.69) is 17.6 Å². The molecule has 0 saturated heterocycles. The monoisotopic (exact) mass is 272 g/mol. The van der Waals surface area contributed by atoms with Gasteiger partial charge in [-0.1, -0.05) is 46.0 Å². The second kappa shape index (κ2) is 11.8. The van der Waals surface area contributed by atoms with Crippen LogP contribution in [0.1, 0.15) is 58.8 Å². The van der Waals surface area contributed by atoms with Crippen molar-refractivity contribution >= 4 is 12.0 Å². The smallest absolute Gasteiger partial charge is 0.314 e. The lowest BCUT2D eigenvalue weighted by atomic mass is 10.1. The molecule has 0 fully saturated rings. The average molecular weight is 272 g/mol. The molecule has 0 bridgehead atoms. The zero-order valence-corrected chi connectivity index (χ0v) is 12.2. The molecule has 5 heteroatoms. The number of hydrogen-bond acceptors (Lipinski definition) is 2. The second-order valence-corrected chi connectivity index (χ2v) is 5.11. The predicted octanol–water partition coefficient (Wildman–Crippen LogP) is 2.76. The summed E-state index contributed by atoms with van der Waals surface area (Å²) in [5.41, 5.74) is 0. The number of amides is 2. The molecule has 0 heterocycles. The van der Waals surface area contributed by atoms with Gasteiger partial charge < -0.3 is 15.7 Å². The number of aliphatic carboxylic acids is 1. The third-order valence-electron chi connectivity index (χ3n) is 2.95. The Bertz CT molecular complexity index is 257. The van der Waals surface area contributed by atoms with Gasteiger partial charge in [0.25, 0.3) is 0 Å². The molecule has 5 nitrogen and oxygen atoms in total. The molecule has 112 valence electrons. The number of carbonyl (C=O) groups excluding carboxylic acids is 1. The Labute approximate surface area is 116 Å². The van der Waals surface area contributed by atoms with E-state index in [1.165, 1.54) is 25.7 Å². The highest BCUT2D eigenvalue weighted by atomic mass is 16.4. The highest BCUT2D eigenvalue weighted by Crippen LogP contribution is 2.04. The first kappa shape index (κ1) is 17.7. The van der Waals surface area contributed by atoms with Gasteiger partial charge in [0.1, 0.15) is 0 Å². The molecular formula is C14H28N2O3. The van der Waals surface area contributed by atoms with E-state index in [0.717, 1.165) is 12.8 Å². The summed E-state index contributed by atoms with van der Waals surface area (Å²) in [4.78, 5) is 21.8. The molecule has 0 aromatic carbocycles. The number of rotatable bonds is 11. The molecule has 0 rings (SSSR count). The van der Waals surface area contributed by atoms with Gasteiger partial charge in [-0.3, -0.25) is 4.79 Å². The van der Waals surface area contributed by atoms with Crippen LogP contribution in [-0.2, 0) is 4.79 Å². The van der Waals surface area contributed by atoms with Crippen molar-refractivity contribution in [3.8, 4) is 0 Å². The van der Waals surface area contributed by atoms with Crippen LogP contribution in [0, 0.1) is 5.92 Å². The Morgan fingerprint density at radius 3 is 2.32 bits per heavy atom. The lowest BCUT2D eigenvalue weighted by Gasteiger charge is -2.11. The van der Waals surface area contributed by atoms with Crippen LogP contribution in [0.3, 0.4) is 0 Å². The van der Waals surface area contributed by atoms with Crippen molar-refractivity contribution in [2.75, 3.05) is 13.1 Å². The second-order valence-electron chi connectivity index (χ2n) is 5.11. The van der Waals surface area contributed by atoms with Crippen molar-refractivity contribution in [3.63, 3.8) is 0 Å². The van der Waals surface area contributed by atoms with E-state index < -0.39 is 5.97 Å². The first-order valence-electron chi connectivity index (χ1n) is 7.29. The summed E-state index contributed by atoms with van der Waals surface area (Å²) in [5.74, 6) is -0.876. The third kappa shape index (κ3) is 13.0. The topological polar surface area (TPSA) is 78.4 Å². The number of carboxylic acid groups (broad SMARTS) is 1. The van der Waals surface area contributed by atoms with Crippen LogP contribution in [0.25, 0.3) is 0 Å². The molecule has 0 aliphatic rings. The van der Waals surface area contributed by atoms with Gasteiger partial charge in [0, 0.05) is 19.5 Å². The number of hydrogen-bond donors (Lipinski definition) is 3. The number of carboxylic acids is 1. The summed E-state index contributed by atoms with van der Waals surface area (Å²) in [6.07, 6.45) is 7.27. The summed E-state index contributed by atoms with van der Waals surface area (Å²) >= 11 is 0. The summed E-state index contributed by atoms with van der Waals surface area (Å²) in [7, 11) is 0. The maximum absolute atomic E-state index is 11.4. The number of nitrogens with one attached hydrogen (secondary N) is 2. The summed E-state index contributed by atoms with van der Waals surface area (Å²) in [6.45, 7) is 5.08. The van der Waals surface area contributed by atoms with E-state index >= 15 is 0 Å². The summed E-state index contributed by atoms with van der Waals surface area (Å²) < 4.78 is 0. The molecule has 0 aromatic heterocycles. The Balaban J connectivity index is 3.37. The van der Waals surface area contributed by atoms with Gasteiger partial charge in [-0.15, -0.1) is 0 Å². The van der Waals surface area contributed by atoms with E-state index in [0.29, 0.717) is 13.1 Å². The molecule has 0 saturated carbocycles. The fourth-order valence-electron chi connectivity index (χ4n) is 1.81. The minimum absolute atomic E-state index is 0.0442. The largest absolute Gasteiger partial charge is 0.481 e. The third-order valence-corrected chi connectivity index (χ3v) is 2.95. The maximum Gasteiger partial charge on any atom is 0.314 e. The van der Waals surface area contributed by atoms with Crippen molar-refractivity contribution in [3.05, 3.63) is 0 Å². The standard InChI is InChI=1S/C14H28N2O3/c1-3-4-5-6-7-8-9-15-14(19)16-11-12(2)10-13(17)18/h12H,3-11H2,1-2H3,(H,17,18)(H2,15,16,19). The Morgan fingerprint density at radius 2 is 1.68 bits per heavy atom. The van der Waals surface area contributed by atoms with Crippen LogP contribution in [0.2, 0.25) is 0 Å². The minimum Gasteiger partial charge on any atom is -0.481 e. The van der Waals surface area contributed by atoms with E-state index in [-0.39, 0.29) is 18.4 Å². The summed E-state index contributed by atoms with van der Waals surface area (Å²) in [6, 6.07) is -0.203. The Morgan fingerprint density at radius 1 is 1.05 bits per heavy atom. The average Bonchev–Trinajstić information content (AvgIpc) is 2.34. The van der Waals surface area contributed by atoms with Gasteiger partial charge in [-0.2, -0.15) is 0 Å². The number of unbranched alkanes of at least 4 members (excludes halogenated alkanes) is 5. The Kier molecular flexibility index (Phi) is 11.0. The fraction of sp³-hybridized carbons (Fsp3) is 0.857. The van der Waals surface area contributed by atoms with Gasteiger partial charge in [0.05, 0.1) is 0 Å². The van der Waals surface area contributed by atoms with Gasteiger partial charge in [-0.25, -0.2) is 4.79 Å². The van der Waals surface area contributed by atoms with Crippen molar-refractivity contribution in [1.82, 2.24) is 10.6 Å². The first-order valence-corrected chi connectivity index (χ1v) is 7.29. The SMILES string of the molecule is CCCCCCCCNC(=O)NCC(C)CC(=O)O. The van der Waals surface area contributed by atoms with Gasteiger partial charge in [-0.05, 0) is 12.3 Å². The molecule has 0 aromatic rings. The maximum atomic E-state index is 11.4. The van der Waals surface area contributed by atoms with Crippen LogP contribution < -0.4 is 10.6 Å². The fourth-order valence-corrected chi connectivity index (χ4v) is 1.81. The van der Waals surface area contributed by atoms with E-state index in [4.69, 9.17) is 5.11 Å². The molecule has 3 N–H and O–H groups in total. The van der Waals surface area contributed by atoms with E-state index in [1.54, 1.807) is 0 Å². The van der Waals surface area contributed by atoms with Crippen molar-refractivity contribution in [1.29, 1.82) is 0 Å². The molecule has 0 radical (unpaired) electrons. The molecule has 1 atom stereocenters. The lowest BCUT2D eigenvalue weighted by molar-refractivity contribution is -0.137. The van der Waals surface area contributed by atoms with Crippen LogP contribution in [-0.4, -0.2) is 30.2 Å². The zero-order chi connectivity index (χ0) is 14.5. The van der Waals surface area contributed by atoms with Crippen LogP contribution in [0.15, 0.2) is 0 Å². The van der Waals surface area contributed by atoms with Gasteiger partial charge in [0.2, 0.25) is 0 Å². The quantitative estimate of drug-likeness (QED) is 0.506. The lowest BCUT2D eigenvalue weighted by Crippen LogP contribution is -2.38. The Hall–Kier alpha value is -1.26. The normalized spacial score (nSPS) is 11.9. The van der Waals surface area contributed by atoms with E-state index in [1.807, 2.05) is 6.92 Å². The zero-order valence-electron chi connectivity index (χ0n) is 12.2. The molecule has 0 aliphatic heterocycles. The van der Waals surface area contributed by atoms with E-state index in [9.17, 15) is 9.59 Å². The number of urea groups is 1. The molecule has 19 heavy (non-hydrogen) atoms. The van der Waals surface area contributed by atoms with Crippen LogP contribution in [0.4, 0.5) is 4.79 Å². The minimum atomic E-state index is -0.832. The molecular weight excluding hydrogens is 244 g/mol.